The lowest BCUT2D eigenvalue weighted by Gasteiger charge is -2.28. The van der Waals surface area contributed by atoms with Crippen LogP contribution in [0.1, 0.15) is 31.7 Å². The van der Waals surface area contributed by atoms with Gasteiger partial charge in [-0.1, -0.05) is 19.9 Å². The Morgan fingerprint density at radius 1 is 1.32 bits per heavy atom. The van der Waals surface area contributed by atoms with Gasteiger partial charge in [-0.15, -0.1) is 0 Å². The van der Waals surface area contributed by atoms with E-state index >= 15 is 0 Å². The predicted molar refractivity (Wildman–Crippen MR) is 70.9 cm³/mol. The van der Waals surface area contributed by atoms with Gasteiger partial charge in [-0.25, -0.2) is 8.78 Å². The van der Waals surface area contributed by atoms with Crippen LogP contribution in [0.4, 0.5) is 8.78 Å². The van der Waals surface area contributed by atoms with Gasteiger partial charge >= 0.3 is 0 Å². The van der Waals surface area contributed by atoms with Crippen molar-refractivity contribution in [2.45, 2.75) is 32.4 Å². The molecule has 0 aliphatic carbocycles. The van der Waals surface area contributed by atoms with Gasteiger partial charge in [0.2, 0.25) is 0 Å². The molecule has 106 valence electrons. The molecule has 0 amide bonds. The van der Waals surface area contributed by atoms with Gasteiger partial charge in [-0.3, -0.25) is 4.90 Å². The van der Waals surface area contributed by atoms with Gasteiger partial charge in [0.15, 0.2) is 11.6 Å². The van der Waals surface area contributed by atoms with Crippen molar-refractivity contribution >= 4 is 0 Å². The number of ether oxygens (including phenoxy) is 1. The van der Waals surface area contributed by atoms with Crippen LogP contribution in [0.25, 0.3) is 0 Å². The average Bonchev–Trinajstić information content (AvgIpc) is 2.74. The molecule has 0 spiro atoms. The van der Waals surface area contributed by atoms with Crippen molar-refractivity contribution in [3.05, 3.63) is 35.4 Å². The summed E-state index contributed by atoms with van der Waals surface area (Å²) in [6.45, 7) is 6.22. The highest BCUT2D eigenvalue weighted by atomic mass is 19.2. The van der Waals surface area contributed by atoms with Gasteiger partial charge < -0.3 is 4.74 Å². The standard InChI is InChI=1S/C15H21F2NO/c1-10(2)9-18-7-6-12(15(18)19-3)11-4-5-13(16)14(17)8-11/h4-5,8,10,12,15H,6-7,9H2,1-3H3/t12?,15-/m0/s1. The normalized spacial score (nSPS) is 24.3. The first kappa shape index (κ1) is 14.4. The molecule has 2 nitrogen and oxygen atoms in total. The second-order valence-corrected chi connectivity index (χ2v) is 5.58. The summed E-state index contributed by atoms with van der Waals surface area (Å²) in [5.41, 5.74) is 0.817. The second-order valence-electron chi connectivity index (χ2n) is 5.58. The van der Waals surface area contributed by atoms with Crippen molar-refractivity contribution in [3.63, 3.8) is 0 Å². The Hall–Kier alpha value is -1.00. The first-order valence-corrected chi connectivity index (χ1v) is 6.74. The summed E-state index contributed by atoms with van der Waals surface area (Å²) < 4.78 is 31.9. The van der Waals surface area contributed by atoms with Crippen LogP contribution < -0.4 is 0 Å². The monoisotopic (exact) mass is 269 g/mol. The number of hydrogen-bond donors (Lipinski definition) is 0. The summed E-state index contributed by atoms with van der Waals surface area (Å²) in [4.78, 5) is 2.27. The Morgan fingerprint density at radius 3 is 2.63 bits per heavy atom. The lowest BCUT2D eigenvalue weighted by atomic mass is 9.96. The summed E-state index contributed by atoms with van der Waals surface area (Å²) in [5, 5.41) is 0. The summed E-state index contributed by atoms with van der Waals surface area (Å²) >= 11 is 0. The number of hydrogen-bond acceptors (Lipinski definition) is 2. The summed E-state index contributed by atoms with van der Waals surface area (Å²) in [5.74, 6) is -0.912. The number of methoxy groups -OCH3 is 1. The number of benzene rings is 1. The smallest absolute Gasteiger partial charge is 0.159 e. The minimum atomic E-state index is -0.797. The Labute approximate surface area is 113 Å². The van der Waals surface area contributed by atoms with Crippen LogP contribution in [0.2, 0.25) is 0 Å². The summed E-state index contributed by atoms with van der Waals surface area (Å²) in [7, 11) is 1.68. The predicted octanol–water partition coefficient (Wildman–Crippen LogP) is 3.38. The molecule has 1 aliphatic heterocycles. The van der Waals surface area contributed by atoms with Crippen LogP contribution in [-0.4, -0.2) is 31.3 Å². The Balaban J connectivity index is 2.18. The van der Waals surface area contributed by atoms with Gasteiger partial charge in [0.1, 0.15) is 6.23 Å². The molecule has 1 aromatic rings. The van der Waals surface area contributed by atoms with Gasteiger partial charge in [0.25, 0.3) is 0 Å². The number of halogens is 2. The minimum Gasteiger partial charge on any atom is -0.366 e. The lowest BCUT2D eigenvalue weighted by Crippen LogP contribution is -2.36. The van der Waals surface area contributed by atoms with Crippen molar-refractivity contribution < 1.29 is 13.5 Å². The molecular formula is C15H21F2NO. The van der Waals surface area contributed by atoms with E-state index in [2.05, 4.69) is 18.7 Å². The van der Waals surface area contributed by atoms with Gasteiger partial charge in [-0.2, -0.15) is 0 Å². The van der Waals surface area contributed by atoms with Crippen molar-refractivity contribution in [3.8, 4) is 0 Å². The molecule has 0 aromatic heterocycles. The molecule has 1 aliphatic rings. The Bertz CT molecular complexity index is 436. The second kappa shape index (κ2) is 5.97. The van der Waals surface area contributed by atoms with Crippen LogP contribution in [0.3, 0.4) is 0 Å². The van der Waals surface area contributed by atoms with E-state index < -0.39 is 11.6 Å². The van der Waals surface area contributed by atoms with Gasteiger partial charge in [-0.05, 0) is 30.0 Å². The highest BCUT2D eigenvalue weighted by Crippen LogP contribution is 2.34. The summed E-state index contributed by atoms with van der Waals surface area (Å²) in [6, 6.07) is 4.15. The fourth-order valence-electron chi connectivity index (χ4n) is 2.88. The van der Waals surface area contributed by atoms with E-state index in [0.717, 1.165) is 25.1 Å². The van der Waals surface area contributed by atoms with Crippen molar-refractivity contribution in [2.24, 2.45) is 5.92 Å². The third kappa shape index (κ3) is 3.12. The van der Waals surface area contributed by atoms with Crippen LogP contribution in [0.5, 0.6) is 0 Å². The minimum absolute atomic E-state index is 0.0488. The molecule has 0 saturated carbocycles. The fourth-order valence-corrected chi connectivity index (χ4v) is 2.88. The highest BCUT2D eigenvalue weighted by molar-refractivity contribution is 5.24. The molecule has 0 bridgehead atoms. The zero-order chi connectivity index (χ0) is 14.0. The fraction of sp³-hybridized carbons (Fsp3) is 0.600. The zero-order valence-corrected chi connectivity index (χ0v) is 11.7. The Morgan fingerprint density at radius 2 is 2.05 bits per heavy atom. The first-order valence-electron chi connectivity index (χ1n) is 6.74. The van der Waals surface area contributed by atoms with E-state index in [-0.39, 0.29) is 12.1 Å². The van der Waals surface area contributed by atoms with Crippen molar-refractivity contribution in [1.82, 2.24) is 4.90 Å². The molecule has 2 atom stereocenters. The molecular weight excluding hydrogens is 248 g/mol. The summed E-state index contributed by atoms with van der Waals surface area (Å²) in [6.07, 6.45) is 0.864. The molecule has 19 heavy (non-hydrogen) atoms. The number of nitrogens with zero attached hydrogens (tertiary/aromatic N) is 1. The number of likely N-dealkylation sites (tertiary alicyclic amines) is 1. The van der Waals surface area contributed by atoms with E-state index in [4.69, 9.17) is 4.74 Å². The van der Waals surface area contributed by atoms with E-state index in [9.17, 15) is 8.78 Å². The van der Waals surface area contributed by atoms with Crippen LogP contribution >= 0.6 is 0 Å². The molecule has 1 heterocycles. The van der Waals surface area contributed by atoms with E-state index in [1.807, 2.05) is 0 Å². The maximum atomic E-state index is 13.3. The van der Waals surface area contributed by atoms with Gasteiger partial charge in [0, 0.05) is 26.1 Å². The molecule has 0 radical (unpaired) electrons. The van der Waals surface area contributed by atoms with E-state index in [0.29, 0.717) is 5.92 Å². The van der Waals surface area contributed by atoms with Crippen LogP contribution in [0.15, 0.2) is 18.2 Å². The molecule has 1 saturated heterocycles. The molecule has 1 fully saturated rings. The number of rotatable bonds is 4. The highest BCUT2D eigenvalue weighted by Gasteiger charge is 2.35. The SMILES string of the molecule is CO[C@H]1C(c2ccc(F)c(F)c2)CCN1CC(C)C. The average molecular weight is 269 g/mol. The van der Waals surface area contributed by atoms with E-state index in [1.54, 1.807) is 13.2 Å². The van der Waals surface area contributed by atoms with Gasteiger partial charge in [0.05, 0.1) is 0 Å². The first-order chi connectivity index (χ1) is 9.02. The maximum Gasteiger partial charge on any atom is 0.159 e. The lowest BCUT2D eigenvalue weighted by molar-refractivity contribution is -0.0191. The third-order valence-corrected chi connectivity index (χ3v) is 3.64. The third-order valence-electron chi connectivity index (χ3n) is 3.64. The van der Waals surface area contributed by atoms with Crippen LogP contribution in [0, 0.1) is 17.6 Å². The maximum absolute atomic E-state index is 13.3. The quantitative estimate of drug-likeness (QED) is 0.831. The Kier molecular flexibility index (Phi) is 4.53. The molecule has 1 aromatic carbocycles. The van der Waals surface area contributed by atoms with E-state index in [1.165, 1.54) is 12.1 Å². The molecule has 1 unspecified atom stereocenters. The van der Waals surface area contributed by atoms with Crippen molar-refractivity contribution in [2.75, 3.05) is 20.2 Å². The topological polar surface area (TPSA) is 12.5 Å². The van der Waals surface area contributed by atoms with Crippen molar-refractivity contribution in [1.29, 1.82) is 0 Å². The molecule has 2 rings (SSSR count). The largest absolute Gasteiger partial charge is 0.366 e. The molecule has 0 N–H and O–H groups in total. The molecule has 4 heteroatoms. The zero-order valence-electron chi connectivity index (χ0n) is 11.7. The van der Waals surface area contributed by atoms with Crippen LogP contribution in [-0.2, 0) is 4.74 Å².